The third-order valence-corrected chi connectivity index (χ3v) is 7.50. The average molecular weight is 449 g/mol. The van der Waals surface area contributed by atoms with Crippen molar-refractivity contribution in [2.75, 3.05) is 33.3 Å². The van der Waals surface area contributed by atoms with Crippen LogP contribution in [0.4, 0.5) is 4.39 Å². The molecule has 2 bridgehead atoms. The zero-order valence-corrected chi connectivity index (χ0v) is 18.1. The van der Waals surface area contributed by atoms with Gasteiger partial charge >= 0.3 is 0 Å². The summed E-state index contributed by atoms with van der Waals surface area (Å²) in [6, 6.07) is 12.4. The van der Waals surface area contributed by atoms with Crippen LogP contribution >= 0.6 is 0 Å². The highest BCUT2D eigenvalue weighted by Crippen LogP contribution is 2.26. The van der Waals surface area contributed by atoms with E-state index in [0.29, 0.717) is 25.9 Å². The number of carbonyl (C=O) groups is 1. The molecule has 2 atom stereocenters. The number of ether oxygens (including phenoxy) is 2. The summed E-state index contributed by atoms with van der Waals surface area (Å²) in [4.78, 5) is 14.6. The van der Waals surface area contributed by atoms with Gasteiger partial charge in [-0.15, -0.1) is 0 Å². The number of sulfonamides is 1. The van der Waals surface area contributed by atoms with E-state index in [1.807, 2.05) is 24.3 Å². The van der Waals surface area contributed by atoms with E-state index in [-0.39, 0.29) is 23.9 Å². The number of rotatable bonds is 6. The van der Waals surface area contributed by atoms with Crippen molar-refractivity contribution < 1.29 is 27.1 Å². The van der Waals surface area contributed by atoms with Crippen molar-refractivity contribution in [3.05, 3.63) is 59.9 Å². The molecule has 0 spiro atoms. The molecule has 0 aliphatic carbocycles. The summed E-state index contributed by atoms with van der Waals surface area (Å²) >= 11 is 0. The largest absolute Gasteiger partial charge is 0.496 e. The molecule has 2 saturated heterocycles. The molecule has 166 valence electrons. The summed E-state index contributed by atoms with van der Waals surface area (Å²) in [5, 5.41) is 0. The van der Waals surface area contributed by atoms with E-state index < -0.39 is 28.0 Å². The van der Waals surface area contributed by atoms with Crippen molar-refractivity contribution in [3.63, 3.8) is 0 Å². The van der Waals surface area contributed by atoms with Crippen LogP contribution < -0.4 is 4.74 Å². The van der Waals surface area contributed by atoms with Crippen LogP contribution in [0.15, 0.2) is 53.4 Å². The highest BCUT2D eigenvalue weighted by Gasteiger charge is 2.41. The van der Waals surface area contributed by atoms with E-state index in [9.17, 15) is 17.6 Å². The molecule has 7 nitrogen and oxygen atoms in total. The van der Waals surface area contributed by atoms with Crippen LogP contribution in [0.5, 0.6) is 5.75 Å². The van der Waals surface area contributed by atoms with Crippen molar-refractivity contribution in [3.8, 4) is 5.75 Å². The van der Waals surface area contributed by atoms with E-state index in [0.717, 1.165) is 23.4 Å². The zero-order valence-electron chi connectivity index (χ0n) is 17.2. The first-order chi connectivity index (χ1) is 14.9. The van der Waals surface area contributed by atoms with Crippen LogP contribution in [0.25, 0.3) is 0 Å². The van der Waals surface area contributed by atoms with E-state index in [1.165, 1.54) is 16.4 Å². The quantitative estimate of drug-likeness (QED) is 0.676. The first-order valence-corrected chi connectivity index (χ1v) is 11.6. The molecule has 2 unspecified atom stereocenters. The molecular weight excluding hydrogens is 423 g/mol. The normalized spacial score (nSPS) is 21.7. The second kappa shape index (κ2) is 8.94. The molecule has 9 heteroatoms. The van der Waals surface area contributed by atoms with Crippen molar-refractivity contribution in [2.24, 2.45) is 0 Å². The van der Waals surface area contributed by atoms with Crippen LogP contribution in [-0.2, 0) is 26.0 Å². The van der Waals surface area contributed by atoms with Gasteiger partial charge in [-0.25, -0.2) is 12.8 Å². The Labute approximate surface area is 181 Å². The minimum atomic E-state index is -3.74. The molecule has 2 aliphatic heterocycles. The first-order valence-electron chi connectivity index (χ1n) is 10.2. The predicted octanol–water partition coefficient (Wildman–Crippen LogP) is 2.07. The molecule has 2 fully saturated rings. The molecular formula is C22H25FN2O5S. The maximum absolute atomic E-state index is 13.2. The number of aryl methyl sites for hydroxylation is 1. The van der Waals surface area contributed by atoms with Crippen LogP contribution in [0.1, 0.15) is 12.0 Å². The summed E-state index contributed by atoms with van der Waals surface area (Å²) in [5.41, 5.74) is 0.975. The van der Waals surface area contributed by atoms with Crippen LogP contribution in [0.3, 0.4) is 0 Å². The third-order valence-electron chi connectivity index (χ3n) is 5.65. The first kappa shape index (κ1) is 21.7. The van der Waals surface area contributed by atoms with Gasteiger partial charge in [0.05, 0.1) is 24.2 Å². The smallest absolute Gasteiger partial charge is 0.243 e. The Hall–Kier alpha value is -2.49. The van der Waals surface area contributed by atoms with Gasteiger partial charge in [0.15, 0.2) is 0 Å². The SMILES string of the molecule is COc1ccccc1CCC(=O)N1CC2CN(S(=O)(=O)c3ccc(F)cc3)CC(C1)O2. The summed E-state index contributed by atoms with van der Waals surface area (Å²) < 4.78 is 51.6. The number of para-hydroxylation sites is 1. The van der Waals surface area contributed by atoms with E-state index in [4.69, 9.17) is 9.47 Å². The van der Waals surface area contributed by atoms with Crippen LogP contribution in [0, 0.1) is 5.82 Å². The third kappa shape index (κ3) is 4.73. The van der Waals surface area contributed by atoms with Crippen molar-refractivity contribution in [1.82, 2.24) is 9.21 Å². The Kier molecular flexibility index (Phi) is 6.27. The Bertz CT molecular complexity index is 1030. The lowest BCUT2D eigenvalue weighted by Gasteiger charge is -2.45. The standard InChI is InChI=1S/C22H25FN2O5S/c1-29-21-5-3-2-4-16(21)6-11-22(26)24-12-18-14-25(15-19(13-24)30-18)31(27,28)20-9-7-17(23)8-10-20/h2-5,7-10,18-19H,6,11-15H2,1H3. The fourth-order valence-corrected chi connectivity index (χ4v) is 5.62. The number of fused-ring (bicyclic) bond motifs is 2. The minimum absolute atomic E-state index is 0.0130. The van der Waals surface area contributed by atoms with Gasteiger partial charge in [-0.1, -0.05) is 18.2 Å². The molecule has 2 heterocycles. The second-order valence-electron chi connectivity index (χ2n) is 7.77. The maximum atomic E-state index is 13.2. The Balaban J connectivity index is 1.38. The molecule has 2 aromatic carbocycles. The topological polar surface area (TPSA) is 76.2 Å². The number of hydrogen-bond donors (Lipinski definition) is 0. The Morgan fingerprint density at radius 3 is 2.35 bits per heavy atom. The predicted molar refractivity (Wildman–Crippen MR) is 112 cm³/mol. The van der Waals surface area contributed by atoms with Crippen LogP contribution in [0.2, 0.25) is 0 Å². The Morgan fingerprint density at radius 1 is 1.06 bits per heavy atom. The van der Waals surface area contributed by atoms with Crippen LogP contribution in [-0.4, -0.2) is 69.0 Å². The van der Waals surface area contributed by atoms with Gasteiger partial charge in [0.25, 0.3) is 0 Å². The molecule has 0 aromatic heterocycles. The van der Waals surface area contributed by atoms with Gasteiger partial charge in [-0.05, 0) is 42.3 Å². The van der Waals surface area contributed by atoms with Crippen molar-refractivity contribution in [2.45, 2.75) is 29.9 Å². The number of morpholine rings is 2. The van der Waals surface area contributed by atoms with E-state index in [1.54, 1.807) is 12.0 Å². The fraction of sp³-hybridized carbons (Fsp3) is 0.409. The van der Waals surface area contributed by atoms with Gasteiger partial charge in [0.2, 0.25) is 15.9 Å². The number of methoxy groups -OCH3 is 1. The van der Waals surface area contributed by atoms with Crippen molar-refractivity contribution >= 4 is 15.9 Å². The summed E-state index contributed by atoms with van der Waals surface area (Å²) in [7, 11) is -2.14. The molecule has 4 rings (SSSR count). The Morgan fingerprint density at radius 2 is 1.71 bits per heavy atom. The number of benzene rings is 2. The van der Waals surface area contributed by atoms with Crippen molar-refractivity contribution in [1.29, 1.82) is 0 Å². The molecule has 0 N–H and O–H groups in total. The number of nitrogens with zero attached hydrogens (tertiary/aromatic N) is 2. The van der Waals surface area contributed by atoms with Gasteiger partial charge in [-0.2, -0.15) is 4.31 Å². The molecule has 0 radical (unpaired) electrons. The zero-order chi connectivity index (χ0) is 22.0. The number of hydrogen-bond acceptors (Lipinski definition) is 5. The maximum Gasteiger partial charge on any atom is 0.243 e. The van der Waals surface area contributed by atoms with E-state index >= 15 is 0 Å². The number of carbonyl (C=O) groups excluding carboxylic acids is 1. The van der Waals surface area contributed by atoms with Gasteiger partial charge in [-0.3, -0.25) is 4.79 Å². The molecule has 31 heavy (non-hydrogen) atoms. The molecule has 2 aliphatic rings. The highest BCUT2D eigenvalue weighted by molar-refractivity contribution is 7.89. The summed E-state index contributed by atoms with van der Waals surface area (Å²) in [6.07, 6.45) is 0.133. The van der Waals surface area contributed by atoms with Gasteiger partial charge in [0, 0.05) is 32.6 Å². The average Bonchev–Trinajstić information content (AvgIpc) is 2.77. The number of halogens is 1. The van der Waals surface area contributed by atoms with Gasteiger partial charge in [0.1, 0.15) is 11.6 Å². The fourth-order valence-electron chi connectivity index (χ4n) is 4.12. The van der Waals surface area contributed by atoms with Gasteiger partial charge < -0.3 is 14.4 Å². The van der Waals surface area contributed by atoms with E-state index in [2.05, 4.69) is 0 Å². The lowest BCUT2D eigenvalue weighted by molar-refractivity contribution is -0.154. The molecule has 1 amide bonds. The lowest BCUT2D eigenvalue weighted by Crippen LogP contribution is -2.61. The summed E-state index contributed by atoms with van der Waals surface area (Å²) in [5.74, 6) is 0.287. The number of amides is 1. The monoisotopic (exact) mass is 448 g/mol. The summed E-state index contributed by atoms with van der Waals surface area (Å²) in [6.45, 7) is 1.01. The lowest BCUT2D eigenvalue weighted by atomic mass is 10.1. The highest BCUT2D eigenvalue weighted by atomic mass is 32.2. The minimum Gasteiger partial charge on any atom is -0.496 e. The molecule has 2 aromatic rings. The molecule has 0 saturated carbocycles. The second-order valence-corrected chi connectivity index (χ2v) is 9.70.